The lowest BCUT2D eigenvalue weighted by molar-refractivity contribution is 0.0949. The van der Waals surface area contributed by atoms with E-state index in [1.54, 1.807) is 12.1 Å². The molecule has 0 atom stereocenters. The zero-order valence-electron chi connectivity index (χ0n) is 14.5. The summed E-state index contributed by atoms with van der Waals surface area (Å²) in [5, 5.41) is 5.34. The van der Waals surface area contributed by atoms with Gasteiger partial charge in [-0.1, -0.05) is 42.5 Å². The van der Waals surface area contributed by atoms with E-state index in [1.165, 1.54) is 30.3 Å². The molecule has 2 aromatic carbocycles. The monoisotopic (exact) mass is 363 g/mol. The Bertz CT molecular complexity index is 945. The largest absolute Gasteiger partial charge is 0.350 e. The lowest BCUT2D eigenvalue weighted by Gasteiger charge is -2.07. The van der Waals surface area contributed by atoms with Crippen LogP contribution in [0.15, 0.2) is 72.8 Å². The first-order valence-electron chi connectivity index (χ1n) is 8.48. The van der Waals surface area contributed by atoms with E-state index in [2.05, 4.69) is 15.6 Å². The van der Waals surface area contributed by atoms with Gasteiger partial charge in [0.1, 0.15) is 17.2 Å². The minimum atomic E-state index is -0.514. The number of rotatable bonds is 6. The third-order valence-corrected chi connectivity index (χ3v) is 3.84. The van der Waals surface area contributed by atoms with E-state index in [1.807, 2.05) is 30.3 Å². The van der Waals surface area contributed by atoms with Crippen molar-refractivity contribution in [1.82, 2.24) is 10.3 Å². The van der Waals surface area contributed by atoms with Crippen LogP contribution in [0, 0.1) is 5.82 Å². The van der Waals surface area contributed by atoms with Crippen LogP contribution >= 0.6 is 0 Å². The molecule has 136 valence electrons. The van der Waals surface area contributed by atoms with E-state index in [9.17, 15) is 14.0 Å². The molecule has 6 heteroatoms. The summed E-state index contributed by atoms with van der Waals surface area (Å²) in [6, 6.07) is 20.0. The Labute approximate surface area is 156 Å². The Morgan fingerprint density at radius 3 is 2.30 bits per heavy atom. The molecule has 0 fully saturated rings. The van der Waals surface area contributed by atoms with E-state index < -0.39 is 11.7 Å². The summed E-state index contributed by atoms with van der Waals surface area (Å²) >= 11 is 0. The van der Waals surface area contributed by atoms with Crippen LogP contribution in [0.2, 0.25) is 0 Å². The number of halogens is 1. The molecule has 2 amide bonds. The van der Waals surface area contributed by atoms with Crippen molar-refractivity contribution >= 4 is 17.5 Å². The number of nitrogens with zero attached hydrogens (tertiary/aromatic N) is 1. The van der Waals surface area contributed by atoms with Crippen LogP contribution < -0.4 is 10.6 Å². The van der Waals surface area contributed by atoms with Crippen LogP contribution in [0.25, 0.3) is 0 Å². The van der Waals surface area contributed by atoms with Gasteiger partial charge in [-0.2, -0.15) is 0 Å². The minimum Gasteiger partial charge on any atom is -0.350 e. The summed E-state index contributed by atoms with van der Waals surface area (Å²) < 4.78 is 13.2. The van der Waals surface area contributed by atoms with Gasteiger partial charge in [-0.05, 0) is 42.3 Å². The maximum atomic E-state index is 13.2. The highest BCUT2D eigenvalue weighted by Crippen LogP contribution is 2.11. The topological polar surface area (TPSA) is 71.1 Å². The van der Waals surface area contributed by atoms with Crippen LogP contribution in [-0.4, -0.2) is 23.3 Å². The van der Waals surface area contributed by atoms with Gasteiger partial charge in [0.2, 0.25) is 0 Å². The number of hydrogen-bond donors (Lipinski definition) is 2. The molecule has 0 radical (unpaired) electrons. The van der Waals surface area contributed by atoms with Gasteiger partial charge in [0.25, 0.3) is 11.8 Å². The third kappa shape index (κ3) is 5.22. The minimum absolute atomic E-state index is 0.0787. The summed E-state index contributed by atoms with van der Waals surface area (Å²) in [6.45, 7) is 0.463. The second-order valence-corrected chi connectivity index (χ2v) is 5.86. The first kappa shape index (κ1) is 18.3. The van der Waals surface area contributed by atoms with E-state index in [-0.39, 0.29) is 17.3 Å². The van der Waals surface area contributed by atoms with Gasteiger partial charge in [-0.15, -0.1) is 0 Å². The van der Waals surface area contributed by atoms with Gasteiger partial charge in [-0.25, -0.2) is 9.37 Å². The van der Waals surface area contributed by atoms with Gasteiger partial charge in [-0.3, -0.25) is 9.59 Å². The van der Waals surface area contributed by atoms with Crippen molar-refractivity contribution in [1.29, 1.82) is 0 Å². The van der Waals surface area contributed by atoms with Gasteiger partial charge in [0.05, 0.1) is 0 Å². The van der Waals surface area contributed by atoms with Gasteiger partial charge in [0, 0.05) is 12.2 Å². The van der Waals surface area contributed by atoms with Gasteiger partial charge >= 0.3 is 0 Å². The standard InChI is InChI=1S/C21H18FN3O2/c22-16-8-4-9-17(14-16)24-21(27)19-11-5-10-18(25-19)20(26)23-13-12-15-6-2-1-3-7-15/h1-11,14H,12-13H2,(H,23,26)(H,24,27). The summed E-state index contributed by atoms with van der Waals surface area (Å²) in [5.74, 6) is -1.32. The van der Waals surface area contributed by atoms with Crippen molar-refractivity contribution in [3.05, 3.63) is 95.6 Å². The quantitative estimate of drug-likeness (QED) is 0.705. The molecular formula is C21H18FN3O2. The average molecular weight is 363 g/mol. The molecule has 0 aliphatic rings. The molecule has 0 saturated carbocycles. The number of pyridine rings is 1. The van der Waals surface area contributed by atoms with Gasteiger partial charge < -0.3 is 10.6 Å². The molecule has 2 N–H and O–H groups in total. The molecule has 3 aromatic rings. The van der Waals surface area contributed by atoms with Crippen molar-refractivity contribution in [2.75, 3.05) is 11.9 Å². The number of anilines is 1. The molecule has 1 aromatic heterocycles. The molecule has 27 heavy (non-hydrogen) atoms. The molecule has 0 saturated heterocycles. The van der Waals surface area contributed by atoms with Crippen LogP contribution in [-0.2, 0) is 6.42 Å². The number of carbonyl (C=O) groups excluding carboxylic acids is 2. The SMILES string of the molecule is O=C(NCCc1ccccc1)c1cccc(C(=O)Nc2cccc(F)c2)n1. The average Bonchev–Trinajstić information content (AvgIpc) is 2.69. The van der Waals surface area contributed by atoms with E-state index in [4.69, 9.17) is 0 Å². The predicted molar refractivity (Wildman–Crippen MR) is 101 cm³/mol. The molecule has 0 spiro atoms. The summed E-state index contributed by atoms with van der Waals surface area (Å²) in [7, 11) is 0. The van der Waals surface area contributed by atoms with E-state index >= 15 is 0 Å². The Morgan fingerprint density at radius 2 is 1.56 bits per heavy atom. The summed E-state index contributed by atoms with van der Waals surface area (Å²) in [6.07, 6.45) is 0.701. The fourth-order valence-electron chi connectivity index (χ4n) is 2.50. The highest BCUT2D eigenvalue weighted by molar-refractivity contribution is 6.03. The number of hydrogen-bond acceptors (Lipinski definition) is 3. The third-order valence-electron chi connectivity index (χ3n) is 3.84. The van der Waals surface area contributed by atoms with Crippen LogP contribution in [0.5, 0.6) is 0 Å². The number of aromatic nitrogens is 1. The lowest BCUT2D eigenvalue weighted by atomic mass is 10.1. The molecular weight excluding hydrogens is 345 g/mol. The number of carbonyl (C=O) groups is 2. The molecule has 5 nitrogen and oxygen atoms in total. The van der Waals surface area contributed by atoms with E-state index in [0.717, 1.165) is 5.56 Å². The zero-order valence-corrected chi connectivity index (χ0v) is 14.5. The lowest BCUT2D eigenvalue weighted by Crippen LogP contribution is -2.27. The fraction of sp³-hybridized carbons (Fsp3) is 0.0952. The predicted octanol–water partition coefficient (Wildman–Crippen LogP) is 3.45. The number of benzene rings is 2. The van der Waals surface area contributed by atoms with E-state index in [0.29, 0.717) is 18.7 Å². The van der Waals surface area contributed by atoms with Crippen molar-refractivity contribution in [3.8, 4) is 0 Å². The zero-order chi connectivity index (χ0) is 19.1. The van der Waals surface area contributed by atoms with Gasteiger partial charge in [0.15, 0.2) is 0 Å². The van der Waals surface area contributed by atoms with Crippen molar-refractivity contribution in [3.63, 3.8) is 0 Å². The molecule has 1 heterocycles. The smallest absolute Gasteiger partial charge is 0.274 e. The van der Waals surface area contributed by atoms with Crippen LogP contribution in [0.3, 0.4) is 0 Å². The molecule has 0 aliphatic carbocycles. The molecule has 3 rings (SSSR count). The maximum absolute atomic E-state index is 13.2. The second-order valence-electron chi connectivity index (χ2n) is 5.86. The highest BCUT2D eigenvalue weighted by atomic mass is 19.1. The number of amides is 2. The second kappa shape index (κ2) is 8.71. The Balaban J connectivity index is 1.60. The molecule has 0 unspecified atom stereocenters. The van der Waals surface area contributed by atoms with Crippen LogP contribution in [0.1, 0.15) is 26.5 Å². The number of nitrogens with one attached hydrogen (secondary N) is 2. The normalized spacial score (nSPS) is 10.3. The van der Waals surface area contributed by atoms with Crippen molar-refractivity contribution < 1.29 is 14.0 Å². The Kier molecular flexibility index (Phi) is 5.89. The molecule has 0 bridgehead atoms. The Hall–Kier alpha value is -3.54. The summed E-state index contributed by atoms with van der Waals surface area (Å²) in [5.41, 5.74) is 1.67. The summed E-state index contributed by atoms with van der Waals surface area (Å²) in [4.78, 5) is 28.6. The van der Waals surface area contributed by atoms with Crippen molar-refractivity contribution in [2.24, 2.45) is 0 Å². The molecule has 0 aliphatic heterocycles. The fourth-order valence-corrected chi connectivity index (χ4v) is 2.50. The Morgan fingerprint density at radius 1 is 0.852 bits per heavy atom. The first-order chi connectivity index (χ1) is 13.1. The highest BCUT2D eigenvalue weighted by Gasteiger charge is 2.12. The first-order valence-corrected chi connectivity index (χ1v) is 8.48. The van der Waals surface area contributed by atoms with Crippen molar-refractivity contribution in [2.45, 2.75) is 6.42 Å². The van der Waals surface area contributed by atoms with Crippen LogP contribution in [0.4, 0.5) is 10.1 Å². The maximum Gasteiger partial charge on any atom is 0.274 e.